The van der Waals surface area contributed by atoms with Crippen molar-refractivity contribution in [3.05, 3.63) is 0 Å². The summed E-state index contributed by atoms with van der Waals surface area (Å²) in [6, 6.07) is -0.249. The Morgan fingerprint density at radius 2 is 2.14 bits per heavy atom. The van der Waals surface area contributed by atoms with E-state index in [1.165, 1.54) is 6.92 Å². The molecule has 5 nitrogen and oxygen atoms in total. The normalized spacial score (nSPS) is 26.7. The van der Waals surface area contributed by atoms with E-state index >= 15 is 0 Å². The van der Waals surface area contributed by atoms with Crippen LogP contribution in [-0.2, 0) is 14.4 Å². The van der Waals surface area contributed by atoms with Crippen molar-refractivity contribution >= 4 is 17.8 Å². The van der Waals surface area contributed by atoms with Crippen molar-refractivity contribution in [1.82, 2.24) is 4.90 Å². The van der Waals surface area contributed by atoms with Gasteiger partial charge in [-0.15, -0.1) is 0 Å². The molecule has 0 aromatic heterocycles. The number of hydrogen-bond acceptors (Lipinski definition) is 3. The molecule has 2 atom stereocenters. The van der Waals surface area contributed by atoms with Crippen LogP contribution in [0.5, 0.6) is 0 Å². The molecule has 78 valence electrons. The number of likely N-dealkylation sites (tertiary alicyclic amines) is 1. The summed E-state index contributed by atoms with van der Waals surface area (Å²) in [5.74, 6) is -3.12. The predicted molar refractivity (Wildman–Crippen MR) is 47.3 cm³/mol. The second kappa shape index (κ2) is 3.77. The lowest BCUT2D eigenvalue weighted by molar-refractivity contribution is -0.150. The van der Waals surface area contributed by atoms with Crippen molar-refractivity contribution in [1.29, 1.82) is 0 Å². The molecule has 0 aromatic rings. The van der Waals surface area contributed by atoms with E-state index in [1.807, 2.05) is 6.92 Å². The maximum absolute atomic E-state index is 11.5. The van der Waals surface area contributed by atoms with E-state index in [-0.39, 0.29) is 18.4 Å². The van der Waals surface area contributed by atoms with Crippen molar-refractivity contribution in [2.24, 2.45) is 5.92 Å². The minimum absolute atomic E-state index is 0.240. The molecule has 14 heavy (non-hydrogen) atoms. The van der Waals surface area contributed by atoms with Crippen molar-refractivity contribution in [2.45, 2.75) is 32.7 Å². The Hall–Kier alpha value is -1.39. The number of imide groups is 1. The second-order valence-corrected chi connectivity index (χ2v) is 3.42. The van der Waals surface area contributed by atoms with E-state index in [0.717, 1.165) is 4.90 Å². The molecule has 1 unspecified atom stereocenters. The Morgan fingerprint density at radius 1 is 1.57 bits per heavy atom. The molecule has 5 heteroatoms. The fourth-order valence-electron chi connectivity index (χ4n) is 1.79. The first kappa shape index (κ1) is 10.7. The summed E-state index contributed by atoms with van der Waals surface area (Å²) in [6.07, 6.45) is 0.847. The standard InChI is InChI=1S/C9H13NO4/c1-3-6-4-7(9(13)14)8(12)10(6)5(2)11/h6-7H,3-4H2,1-2H3,(H,13,14)/t6?,7-/m1/s1. The molecule has 0 radical (unpaired) electrons. The Labute approximate surface area is 81.7 Å². The average Bonchev–Trinajstić information content (AvgIpc) is 2.42. The Bertz CT molecular complexity index is 287. The molecule has 0 aromatic carbocycles. The molecular weight excluding hydrogens is 186 g/mol. The van der Waals surface area contributed by atoms with Gasteiger partial charge in [0.2, 0.25) is 11.8 Å². The summed E-state index contributed by atoms with van der Waals surface area (Å²) in [4.78, 5) is 34.3. The minimum Gasteiger partial charge on any atom is -0.481 e. The lowest BCUT2D eigenvalue weighted by Crippen LogP contribution is -2.38. The van der Waals surface area contributed by atoms with Gasteiger partial charge in [0.05, 0.1) is 0 Å². The molecule has 1 aliphatic rings. The fourth-order valence-corrected chi connectivity index (χ4v) is 1.79. The van der Waals surface area contributed by atoms with Crippen molar-refractivity contribution in [3.8, 4) is 0 Å². The number of rotatable bonds is 2. The fraction of sp³-hybridized carbons (Fsp3) is 0.667. The minimum atomic E-state index is -1.14. The van der Waals surface area contributed by atoms with Crippen LogP contribution in [0.4, 0.5) is 0 Å². The number of amides is 2. The first-order valence-corrected chi connectivity index (χ1v) is 4.55. The monoisotopic (exact) mass is 199 g/mol. The molecule has 0 spiro atoms. The first-order valence-electron chi connectivity index (χ1n) is 4.55. The van der Waals surface area contributed by atoms with Crippen LogP contribution in [0, 0.1) is 5.92 Å². The third-order valence-electron chi connectivity index (χ3n) is 2.52. The highest BCUT2D eigenvalue weighted by Gasteiger charge is 2.44. The summed E-state index contributed by atoms with van der Waals surface area (Å²) < 4.78 is 0. The maximum atomic E-state index is 11.5. The Balaban J connectivity index is 2.90. The highest BCUT2D eigenvalue weighted by atomic mass is 16.4. The molecule has 1 saturated heterocycles. The molecular formula is C9H13NO4. The zero-order valence-electron chi connectivity index (χ0n) is 8.19. The van der Waals surface area contributed by atoms with Crippen molar-refractivity contribution < 1.29 is 19.5 Å². The number of carbonyl (C=O) groups excluding carboxylic acids is 2. The third kappa shape index (κ3) is 1.62. The molecule has 1 N–H and O–H groups in total. The van der Waals surface area contributed by atoms with Crippen molar-refractivity contribution in [2.75, 3.05) is 0 Å². The van der Waals surface area contributed by atoms with Gasteiger partial charge in [0, 0.05) is 13.0 Å². The van der Waals surface area contributed by atoms with Gasteiger partial charge in [0.25, 0.3) is 0 Å². The summed E-state index contributed by atoms with van der Waals surface area (Å²) in [5, 5.41) is 8.74. The van der Waals surface area contributed by atoms with Crippen LogP contribution in [0.2, 0.25) is 0 Å². The van der Waals surface area contributed by atoms with E-state index < -0.39 is 17.8 Å². The lowest BCUT2D eigenvalue weighted by Gasteiger charge is -2.19. The number of carboxylic acid groups (broad SMARTS) is 1. The lowest BCUT2D eigenvalue weighted by atomic mass is 10.0. The van der Waals surface area contributed by atoms with Crippen LogP contribution < -0.4 is 0 Å². The Morgan fingerprint density at radius 3 is 2.43 bits per heavy atom. The van der Waals surface area contributed by atoms with Gasteiger partial charge in [-0.3, -0.25) is 19.3 Å². The average molecular weight is 199 g/mol. The topological polar surface area (TPSA) is 74.7 Å². The number of carbonyl (C=O) groups is 3. The molecule has 0 aliphatic carbocycles. The van der Waals surface area contributed by atoms with E-state index in [2.05, 4.69) is 0 Å². The van der Waals surface area contributed by atoms with E-state index in [9.17, 15) is 14.4 Å². The van der Waals surface area contributed by atoms with Gasteiger partial charge in [-0.2, -0.15) is 0 Å². The zero-order chi connectivity index (χ0) is 10.9. The van der Waals surface area contributed by atoms with Crippen LogP contribution in [0.3, 0.4) is 0 Å². The van der Waals surface area contributed by atoms with Crippen molar-refractivity contribution in [3.63, 3.8) is 0 Å². The number of nitrogens with zero attached hydrogens (tertiary/aromatic N) is 1. The molecule has 0 saturated carbocycles. The highest BCUT2D eigenvalue weighted by Crippen LogP contribution is 2.26. The molecule has 2 amide bonds. The van der Waals surface area contributed by atoms with Gasteiger partial charge in [-0.1, -0.05) is 6.92 Å². The van der Waals surface area contributed by atoms with Gasteiger partial charge in [-0.05, 0) is 12.8 Å². The Kier molecular flexibility index (Phi) is 2.88. The zero-order valence-corrected chi connectivity index (χ0v) is 8.19. The first-order chi connectivity index (χ1) is 6.49. The summed E-state index contributed by atoms with van der Waals surface area (Å²) in [5.41, 5.74) is 0. The molecule has 0 bridgehead atoms. The van der Waals surface area contributed by atoms with Crippen LogP contribution in [0.15, 0.2) is 0 Å². The van der Waals surface area contributed by atoms with E-state index in [0.29, 0.717) is 6.42 Å². The maximum Gasteiger partial charge on any atom is 0.316 e. The van der Waals surface area contributed by atoms with Gasteiger partial charge < -0.3 is 5.11 Å². The third-order valence-corrected chi connectivity index (χ3v) is 2.52. The van der Waals surface area contributed by atoms with Gasteiger partial charge in [0.1, 0.15) is 5.92 Å². The number of carboxylic acids is 1. The summed E-state index contributed by atoms with van der Waals surface area (Å²) >= 11 is 0. The van der Waals surface area contributed by atoms with E-state index in [1.54, 1.807) is 0 Å². The molecule has 1 heterocycles. The highest BCUT2D eigenvalue weighted by molar-refractivity contribution is 6.06. The number of aliphatic carboxylic acids is 1. The van der Waals surface area contributed by atoms with Crippen LogP contribution in [0.25, 0.3) is 0 Å². The summed E-state index contributed by atoms with van der Waals surface area (Å²) in [6.45, 7) is 3.11. The smallest absolute Gasteiger partial charge is 0.316 e. The number of hydrogen-bond donors (Lipinski definition) is 1. The van der Waals surface area contributed by atoms with Gasteiger partial charge in [-0.25, -0.2) is 0 Å². The van der Waals surface area contributed by atoms with Crippen LogP contribution in [-0.4, -0.2) is 33.8 Å². The molecule has 1 fully saturated rings. The van der Waals surface area contributed by atoms with Gasteiger partial charge >= 0.3 is 5.97 Å². The largest absolute Gasteiger partial charge is 0.481 e. The quantitative estimate of drug-likeness (QED) is 0.646. The molecule has 1 rings (SSSR count). The van der Waals surface area contributed by atoms with Gasteiger partial charge in [0.15, 0.2) is 0 Å². The SMILES string of the molecule is CCC1C[C@@H](C(=O)O)C(=O)N1C(C)=O. The predicted octanol–water partition coefficient (Wildman–Crippen LogP) is 0.245. The van der Waals surface area contributed by atoms with Crippen LogP contribution >= 0.6 is 0 Å². The van der Waals surface area contributed by atoms with E-state index in [4.69, 9.17) is 5.11 Å². The molecule has 1 aliphatic heterocycles. The van der Waals surface area contributed by atoms with Crippen LogP contribution in [0.1, 0.15) is 26.7 Å². The second-order valence-electron chi connectivity index (χ2n) is 3.42. The summed E-state index contributed by atoms with van der Waals surface area (Å²) in [7, 11) is 0.